The molecule has 6 heteroatoms. The average Bonchev–Trinajstić information content (AvgIpc) is 3.00. The van der Waals surface area contributed by atoms with Gasteiger partial charge in [0.2, 0.25) is 0 Å². The summed E-state index contributed by atoms with van der Waals surface area (Å²) >= 11 is 1.70. The molecule has 0 saturated carbocycles. The summed E-state index contributed by atoms with van der Waals surface area (Å²) < 4.78 is 5.86. The molecule has 0 aromatic carbocycles. The van der Waals surface area contributed by atoms with Crippen molar-refractivity contribution in [2.75, 3.05) is 32.1 Å². The lowest BCUT2D eigenvalue weighted by Crippen LogP contribution is -2.38. The minimum Gasteiger partial charge on any atom is -0.373 e. The third-order valence-electron chi connectivity index (χ3n) is 3.35. The molecule has 0 aliphatic carbocycles. The van der Waals surface area contributed by atoms with Crippen molar-refractivity contribution in [3.8, 4) is 0 Å². The molecule has 1 fully saturated rings. The Kier molecular flexibility index (Phi) is 4.25. The van der Waals surface area contributed by atoms with Crippen molar-refractivity contribution >= 4 is 17.2 Å². The number of ether oxygens (including phenoxy) is 1. The Morgan fingerprint density at radius 3 is 3.25 bits per heavy atom. The van der Waals surface area contributed by atoms with Crippen LogP contribution in [0.4, 0.5) is 5.82 Å². The average molecular weight is 290 g/mol. The highest BCUT2D eigenvalue weighted by atomic mass is 32.1. The number of nitrogens with zero attached hydrogens (tertiary/aromatic N) is 3. The number of hydrogen-bond acceptors (Lipinski definition) is 6. The van der Waals surface area contributed by atoms with Gasteiger partial charge in [0.15, 0.2) is 0 Å². The van der Waals surface area contributed by atoms with E-state index in [1.54, 1.807) is 11.3 Å². The van der Waals surface area contributed by atoms with E-state index in [4.69, 9.17) is 4.74 Å². The van der Waals surface area contributed by atoms with Crippen LogP contribution in [0.15, 0.2) is 29.8 Å². The second-order valence-corrected chi connectivity index (χ2v) is 5.70. The Bertz CT molecular complexity index is 546. The van der Waals surface area contributed by atoms with Crippen LogP contribution in [0.1, 0.15) is 16.8 Å². The van der Waals surface area contributed by atoms with E-state index in [-0.39, 0.29) is 6.10 Å². The zero-order valence-corrected chi connectivity index (χ0v) is 12.3. The zero-order chi connectivity index (χ0) is 13.8. The summed E-state index contributed by atoms with van der Waals surface area (Å²) in [5.74, 6) is 0.878. The molecule has 0 spiro atoms. The summed E-state index contributed by atoms with van der Waals surface area (Å²) in [4.78, 5) is 11.3. The van der Waals surface area contributed by atoms with E-state index in [1.807, 2.05) is 36.8 Å². The van der Waals surface area contributed by atoms with Crippen molar-refractivity contribution in [2.45, 2.75) is 12.6 Å². The van der Waals surface area contributed by atoms with E-state index < -0.39 is 0 Å². The predicted molar refractivity (Wildman–Crippen MR) is 79.9 cm³/mol. The number of aromatic nitrogens is 2. The van der Waals surface area contributed by atoms with Gasteiger partial charge in [-0.3, -0.25) is 4.90 Å². The van der Waals surface area contributed by atoms with E-state index in [9.17, 15) is 0 Å². The molecule has 2 aromatic rings. The Morgan fingerprint density at radius 1 is 1.50 bits per heavy atom. The first-order valence-electron chi connectivity index (χ1n) is 6.72. The van der Waals surface area contributed by atoms with E-state index in [0.29, 0.717) is 0 Å². The van der Waals surface area contributed by atoms with E-state index in [2.05, 4.69) is 20.2 Å². The Morgan fingerprint density at radius 2 is 2.45 bits per heavy atom. The third kappa shape index (κ3) is 3.15. The summed E-state index contributed by atoms with van der Waals surface area (Å²) in [7, 11) is 1.88. The molecular formula is C14H18N4OS. The largest absolute Gasteiger partial charge is 0.373 e. The topological polar surface area (TPSA) is 50.3 Å². The van der Waals surface area contributed by atoms with Crippen LogP contribution in [0, 0.1) is 0 Å². The van der Waals surface area contributed by atoms with Gasteiger partial charge in [0.1, 0.15) is 16.9 Å². The lowest BCUT2D eigenvalue weighted by atomic mass is 10.2. The van der Waals surface area contributed by atoms with Gasteiger partial charge in [0, 0.05) is 31.7 Å². The van der Waals surface area contributed by atoms with Crippen molar-refractivity contribution < 1.29 is 4.74 Å². The number of anilines is 1. The zero-order valence-electron chi connectivity index (χ0n) is 11.5. The fourth-order valence-corrected chi connectivity index (χ4v) is 2.98. The predicted octanol–water partition coefficient (Wildman–Crippen LogP) is 2.15. The molecule has 2 aromatic heterocycles. The van der Waals surface area contributed by atoms with Crippen LogP contribution < -0.4 is 5.32 Å². The van der Waals surface area contributed by atoms with Crippen LogP contribution in [0.5, 0.6) is 0 Å². The summed E-state index contributed by atoms with van der Waals surface area (Å²) in [5.41, 5.74) is 0.987. The molecule has 0 amide bonds. The molecule has 3 rings (SSSR count). The van der Waals surface area contributed by atoms with Crippen molar-refractivity contribution in [2.24, 2.45) is 0 Å². The van der Waals surface area contributed by atoms with E-state index in [1.165, 1.54) is 0 Å². The van der Waals surface area contributed by atoms with Crippen LogP contribution in [0.3, 0.4) is 0 Å². The number of nitrogens with one attached hydrogen (secondary N) is 1. The van der Waals surface area contributed by atoms with Gasteiger partial charge in [0.05, 0.1) is 18.8 Å². The summed E-state index contributed by atoms with van der Waals surface area (Å²) in [6.45, 7) is 3.44. The van der Waals surface area contributed by atoms with Gasteiger partial charge in [-0.1, -0.05) is 6.07 Å². The van der Waals surface area contributed by atoms with Crippen LogP contribution in [0.25, 0.3) is 0 Å². The Labute approximate surface area is 122 Å². The molecule has 1 atom stereocenters. The molecule has 0 radical (unpaired) electrons. The summed E-state index contributed by atoms with van der Waals surface area (Å²) in [6, 6.07) is 6.00. The van der Waals surface area contributed by atoms with Crippen molar-refractivity contribution in [3.63, 3.8) is 0 Å². The van der Waals surface area contributed by atoms with Crippen LogP contribution in [0.2, 0.25) is 0 Å². The van der Waals surface area contributed by atoms with Gasteiger partial charge in [-0.2, -0.15) is 0 Å². The molecule has 1 saturated heterocycles. The maximum absolute atomic E-state index is 5.86. The van der Waals surface area contributed by atoms with Gasteiger partial charge >= 0.3 is 0 Å². The Balaban J connectivity index is 1.68. The van der Waals surface area contributed by atoms with Gasteiger partial charge in [0.25, 0.3) is 0 Å². The fourth-order valence-electron chi connectivity index (χ4n) is 2.32. The first kappa shape index (κ1) is 13.5. The molecular weight excluding hydrogens is 272 g/mol. The molecule has 5 nitrogen and oxygen atoms in total. The Hall–Kier alpha value is -1.50. The molecule has 106 valence electrons. The lowest BCUT2D eigenvalue weighted by Gasteiger charge is -2.32. The van der Waals surface area contributed by atoms with Crippen LogP contribution >= 0.6 is 11.3 Å². The number of rotatable bonds is 4. The molecule has 1 N–H and O–H groups in total. The number of thiazole rings is 1. The van der Waals surface area contributed by atoms with Crippen LogP contribution in [-0.4, -0.2) is 41.6 Å². The molecule has 1 aliphatic rings. The maximum atomic E-state index is 5.86. The molecule has 0 bridgehead atoms. The molecule has 20 heavy (non-hydrogen) atoms. The van der Waals surface area contributed by atoms with Crippen molar-refractivity contribution in [1.82, 2.24) is 14.9 Å². The smallest absolute Gasteiger partial charge is 0.126 e. The highest BCUT2D eigenvalue weighted by Gasteiger charge is 2.23. The highest BCUT2D eigenvalue weighted by molar-refractivity contribution is 7.09. The van der Waals surface area contributed by atoms with Gasteiger partial charge in [-0.05, 0) is 12.1 Å². The highest BCUT2D eigenvalue weighted by Crippen LogP contribution is 2.23. The van der Waals surface area contributed by atoms with E-state index in [0.717, 1.165) is 42.8 Å². The molecule has 3 heterocycles. The van der Waals surface area contributed by atoms with Gasteiger partial charge in [-0.15, -0.1) is 11.3 Å². The minimum atomic E-state index is 0.0389. The van der Waals surface area contributed by atoms with E-state index >= 15 is 0 Å². The third-order valence-corrected chi connectivity index (χ3v) is 4.11. The first-order valence-corrected chi connectivity index (χ1v) is 7.60. The molecule has 0 unspecified atom stereocenters. The fraction of sp³-hybridized carbons (Fsp3) is 0.429. The summed E-state index contributed by atoms with van der Waals surface area (Å²) in [5, 5.41) is 6.24. The minimum absolute atomic E-state index is 0.0389. The second-order valence-electron chi connectivity index (χ2n) is 4.72. The van der Waals surface area contributed by atoms with Gasteiger partial charge in [-0.25, -0.2) is 9.97 Å². The van der Waals surface area contributed by atoms with Crippen molar-refractivity contribution in [1.29, 1.82) is 0 Å². The standard InChI is InChI=1S/C14H18N4OS/c1-15-13-4-2-3-11(17-13)12-9-18(6-7-19-12)10-14-16-5-8-20-14/h2-5,8,12H,6-7,9-10H2,1H3,(H,15,17)/t12-/m0/s1. The maximum Gasteiger partial charge on any atom is 0.126 e. The SMILES string of the molecule is CNc1cccc([C@@H]2CN(Cc3nccs3)CCO2)n1. The molecule has 1 aliphatic heterocycles. The summed E-state index contributed by atoms with van der Waals surface area (Å²) in [6.07, 6.45) is 1.90. The number of morpholine rings is 1. The number of hydrogen-bond donors (Lipinski definition) is 1. The quantitative estimate of drug-likeness (QED) is 0.935. The van der Waals surface area contributed by atoms with Gasteiger partial charge < -0.3 is 10.1 Å². The van der Waals surface area contributed by atoms with Crippen molar-refractivity contribution in [3.05, 3.63) is 40.5 Å². The second kappa shape index (κ2) is 6.30. The first-order chi connectivity index (χ1) is 9.85. The number of pyridine rings is 1. The lowest BCUT2D eigenvalue weighted by molar-refractivity contribution is -0.0349. The van der Waals surface area contributed by atoms with Crippen LogP contribution in [-0.2, 0) is 11.3 Å². The monoisotopic (exact) mass is 290 g/mol. The normalized spacial score (nSPS) is 19.9.